The van der Waals surface area contributed by atoms with Crippen LogP contribution < -0.4 is 4.74 Å². The van der Waals surface area contributed by atoms with Gasteiger partial charge in [-0.05, 0) is 76.0 Å². The largest absolute Gasteiger partial charge is 0.494 e. The Morgan fingerprint density at radius 2 is 1.57 bits per heavy atom. The van der Waals surface area contributed by atoms with Gasteiger partial charge in [-0.1, -0.05) is 29.5 Å². The normalized spacial score (nSPS) is 28.0. The van der Waals surface area contributed by atoms with Crippen molar-refractivity contribution in [2.45, 2.75) is 58.3 Å². The van der Waals surface area contributed by atoms with Gasteiger partial charge in [-0.15, -0.1) is 0 Å². The molecule has 0 radical (unpaired) electrons. The molecule has 0 N–H and O–H groups in total. The molecule has 1 aromatic rings. The van der Waals surface area contributed by atoms with Crippen LogP contribution in [0.3, 0.4) is 0 Å². The van der Waals surface area contributed by atoms with Gasteiger partial charge in [0.15, 0.2) is 0 Å². The van der Waals surface area contributed by atoms with E-state index in [0.29, 0.717) is 12.5 Å². The van der Waals surface area contributed by atoms with Gasteiger partial charge in [-0.25, -0.2) is 8.78 Å². The van der Waals surface area contributed by atoms with Crippen LogP contribution in [0.4, 0.5) is 8.78 Å². The Morgan fingerprint density at radius 3 is 2.11 bits per heavy atom. The van der Waals surface area contributed by atoms with Crippen LogP contribution in [-0.2, 0) is 0 Å². The molecule has 2 fully saturated rings. The second kappa shape index (κ2) is 10.3. The fourth-order valence-electron chi connectivity index (χ4n) is 4.74. The second-order valence-corrected chi connectivity index (χ2v) is 8.32. The highest BCUT2D eigenvalue weighted by molar-refractivity contribution is 6.25. The number of hydrogen-bond donors (Lipinski definition) is 0. The van der Waals surface area contributed by atoms with Crippen molar-refractivity contribution in [2.24, 2.45) is 23.7 Å². The van der Waals surface area contributed by atoms with Gasteiger partial charge in [0.25, 0.3) is 0 Å². The Hall–Kier alpha value is -1.53. The molecule has 0 spiro atoms. The highest BCUT2D eigenvalue weighted by Crippen LogP contribution is 2.41. The van der Waals surface area contributed by atoms with E-state index in [-0.39, 0.29) is 17.2 Å². The summed E-state index contributed by atoms with van der Waals surface area (Å²) in [4.78, 5) is 0. The van der Waals surface area contributed by atoms with Gasteiger partial charge in [-0.3, -0.25) is 0 Å². The Morgan fingerprint density at radius 1 is 1.00 bits per heavy atom. The van der Waals surface area contributed by atoms with Crippen molar-refractivity contribution < 1.29 is 13.5 Å². The molecule has 1 aromatic carbocycles. The molecule has 3 rings (SSSR count). The van der Waals surface area contributed by atoms with E-state index in [1.807, 2.05) is 0 Å². The van der Waals surface area contributed by atoms with Gasteiger partial charge in [0, 0.05) is 23.6 Å². The molecule has 152 valence electrons. The first-order chi connectivity index (χ1) is 13.6. The third-order valence-electron chi connectivity index (χ3n) is 6.33. The minimum atomic E-state index is -0.646. The van der Waals surface area contributed by atoms with E-state index in [9.17, 15) is 8.78 Å². The van der Waals surface area contributed by atoms with E-state index < -0.39 is 11.6 Å². The van der Waals surface area contributed by atoms with E-state index in [0.717, 1.165) is 24.7 Å². The Bertz CT molecular complexity index is 710. The van der Waals surface area contributed by atoms with Crippen LogP contribution in [0, 0.1) is 47.1 Å². The third-order valence-corrected chi connectivity index (χ3v) is 6.47. The fraction of sp³-hybridized carbons (Fsp3) is 0.583. The molecule has 2 aliphatic carbocycles. The van der Waals surface area contributed by atoms with E-state index >= 15 is 0 Å². The summed E-state index contributed by atoms with van der Waals surface area (Å²) in [6.45, 7) is 2.15. The van der Waals surface area contributed by atoms with E-state index in [1.165, 1.54) is 50.7 Å². The first kappa shape index (κ1) is 21.2. The van der Waals surface area contributed by atoms with Crippen LogP contribution in [0.15, 0.2) is 23.7 Å². The topological polar surface area (TPSA) is 9.23 Å². The van der Waals surface area contributed by atoms with Gasteiger partial charge in [-0.2, -0.15) is 0 Å². The zero-order chi connectivity index (χ0) is 19.9. The molecule has 28 heavy (non-hydrogen) atoms. The third kappa shape index (κ3) is 5.51. The average molecular weight is 407 g/mol. The lowest BCUT2D eigenvalue weighted by Crippen LogP contribution is -2.25. The number of hydrogen-bond acceptors (Lipinski definition) is 1. The molecule has 0 aliphatic heterocycles. The van der Waals surface area contributed by atoms with Crippen molar-refractivity contribution in [3.8, 4) is 17.6 Å². The summed E-state index contributed by atoms with van der Waals surface area (Å²) in [6, 6.07) is 2.42. The first-order valence-corrected chi connectivity index (χ1v) is 10.9. The molecule has 0 bridgehead atoms. The molecule has 0 heterocycles. The van der Waals surface area contributed by atoms with Crippen molar-refractivity contribution in [1.29, 1.82) is 0 Å². The SMILES string of the molecule is CCOc1cc(F)c(C#C[C@H]2CC[C@H]([C@H]3CC[C@H](C=CCl)CC3)CC2)c(F)c1. The van der Waals surface area contributed by atoms with Gasteiger partial charge in [0.05, 0.1) is 12.2 Å². The van der Waals surface area contributed by atoms with Gasteiger partial charge in [0.1, 0.15) is 17.4 Å². The van der Waals surface area contributed by atoms with Crippen molar-refractivity contribution in [2.75, 3.05) is 6.61 Å². The molecule has 0 saturated heterocycles. The summed E-state index contributed by atoms with van der Waals surface area (Å²) in [5, 5.41) is 0. The quantitative estimate of drug-likeness (QED) is 0.485. The number of allylic oxidation sites excluding steroid dienone is 1. The van der Waals surface area contributed by atoms with Crippen molar-refractivity contribution in [1.82, 2.24) is 0 Å². The van der Waals surface area contributed by atoms with E-state index in [4.69, 9.17) is 16.3 Å². The summed E-state index contributed by atoms with van der Waals surface area (Å²) in [7, 11) is 0. The summed E-state index contributed by atoms with van der Waals surface area (Å²) >= 11 is 5.70. The predicted molar refractivity (Wildman–Crippen MR) is 110 cm³/mol. The van der Waals surface area contributed by atoms with Crippen LogP contribution >= 0.6 is 11.6 Å². The zero-order valence-corrected chi connectivity index (χ0v) is 17.3. The van der Waals surface area contributed by atoms with Crippen LogP contribution in [0.5, 0.6) is 5.75 Å². The summed E-state index contributed by atoms with van der Waals surface area (Å²) in [6.07, 6.45) is 11.6. The molecular weight excluding hydrogens is 378 g/mol. The predicted octanol–water partition coefficient (Wildman–Crippen LogP) is 7.08. The Balaban J connectivity index is 1.53. The zero-order valence-electron chi connectivity index (χ0n) is 16.5. The molecular formula is C24H29ClF2O. The van der Waals surface area contributed by atoms with Crippen molar-refractivity contribution >= 4 is 11.6 Å². The van der Waals surface area contributed by atoms with Gasteiger partial charge in [0.2, 0.25) is 0 Å². The summed E-state index contributed by atoms with van der Waals surface area (Å²) in [5.74, 6) is 7.27. The molecule has 0 amide bonds. The Labute approximate surface area is 172 Å². The molecule has 0 aromatic heterocycles. The molecule has 2 aliphatic rings. The maximum Gasteiger partial charge on any atom is 0.145 e. The lowest BCUT2D eigenvalue weighted by molar-refractivity contribution is 0.168. The highest BCUT2D eigenvalue weighted by atomic mass is 35.5. The monoisotopic (exact) mass is 406 g/mol. The van der Waals surface area contributed by atoms with Crippen molar-refractivity contribution in [3.63, 3.8) is 0 Å². The lowest BCUT2D eigenvalue weighted by atomic mass is 9.69. The van der Waals surface area contributed by atoms with Crippen LogP contribution in [0.2, 0.25) is 0 Å². The second-order valence-electron chi connectivity index (χ2n) is 8.07. The summed E-state index contributed by atoms with van der Waals surface area (Å²) in [5.41, 5.74) is 1.52. The van der Waals surface area contributed by atoms with Gasteiger partial charge < -0.3 is 4.74 Å². The maximum absolute atomic E-state index is 14.1. The molecule has 4 heteroatoms. The smallest absolute Gasteiger partial charge is 0.145 e. The number of benzene rings is 1. The van der Waals surface area contributed by atoms with Gasteiger partial charge >= 0.3 is 0 Å². The molecule has 0 unspecified atom stereocenters. The first-order valence-electron chi connectivity index (χ1n) is 10.5. The number of ether oxygens (including phenoxy) is 1. The molecule has 1 nitrogen and oxygen atoms in total. The average Bonchev–Trinajstić information content (AvgIpc) is 2.69. The fourth-order valence-corrected chi connectivity index (χ4v) is 4.95. The summed E-state index contributed by atoms with van der Waals surface area (Å²) < 4.78 is 33.5. The number of rotatable bonds is 4. The van der Waals surface area contributed by atoms with Crippen molar-refractivity contribution in [3.05, 3.63) is 40.9 Å². The molecule has 2 saturated carbocycles. The minimum absolute atomic E-state index is 0.142. The minimum Gasteiger partial charge on any atom is -0.494 e. The van der Waals surface area contributed by atoms with Crippen LogP contribution in [0.1, 0.15) is 63.9 Å². The van der Waals surface area contributed by atoms with E-state index in [2.05, 4.69) is 17.9 Å². The molecule has 0 atom stereocenters. The van der Waals surface area contributed by atoms with Crippen LogP contribution in [0.25, 0.3) is 0 Å². The highest BCUT2D eigenvalue weighted by Gasteiger charge is 2.29. The number of halogens is 3. The van der Waals surface area contributed by atoms with E-state index in [1.54, 1.807) is 12.5 Å². The maximum atomic E-state index is 14.1. The van der Waals surface area contributed by atoms with Crippen LogP contribution in [-0.4, -0.2) is 6.61 Å². The standard InChI is InChI=1S/C24H29ClF2O/c1-2-28-21-15-23(26)22(24(27)16-21)12-7-17-3-8-19(9-4-17)20-10-5-18(6-11-20)13-14-25/h13-20H,2-6,8-11H2,1H3/t17-,18-,19-,20-. The Kier molecular flexibility index (Phi) is 7.80. The lowest BCUT2D eigenvalue weighted by Gasteiger charge is -2.36.